The molecule has 1 amide bonds. The molecule has 124 valence electrons. The quantitative estimate of drug-likeness (QED) is 0.790. The summed E-state index contributed by atoms with van der Waals surface area (Å²) in [7, 11) is -2.01. The third-order valence-corrected chi connectivity index (χ3v) is 6.31. The van der Waals surface area contributed by atoms with Crippen LogP contribution in [0.1, 0.15) is 12.8 Å². The lowest BCUT2D eigenvalue weighted by Gasteiger charge is -2.15. The van der Waals surface area contributed by atoms with Crippen LogP contribution in [0.3, 0.4) is 0 Å². The van der Waals surface area contributed by atoms with Crippen molar-refractivity contribution in [3.05, 3.63) is 35.8 Å². The van der Waals surface area contributed by atoms with Crippen LogP contribution in [0.2, 0.25) is 0 Å². The molecule has 0 aliphatic heterocycles. The van der Waals surface area contributed by atoms with Crippen LogP contribution in [0.4, 0.5) is 5.82 Å². The Labute approximate surface area is 138 Å². The normalized spacial score (nSPS) is 11.6. The lowest BCUT2D eigenvalue weighted by atomic mass is 10.3. The fraction of sp³-hybridized carbons (Fsp3) is 0.286. The van der Waals surface area contributed by atoms with Gasteiger partial charge in [0, 0.05) is 26.2 Å². The van der Waals surface area contributed by atoms with Crippen LogP contribution >= 0.6 is 11.3 Å². The highest BCUT2D eigenvalue weighted by atomic mass is 32.2. The number of aromatic hydroxyl groups is 1. The van der Waals surface area contributed by atoms with Crippen molar-refractivity contribution in [3.63, 3.8) is 0 Å². The predicted octanol–water partition coefficient (Wildman–Crippen LogP) is 1.89. The molecular formula is C14H17N3O4S2. The Morgan fingerprint density at radius 2 is 2.17 bits per heavy atom. The average Bonchev–Trinajstić information content (AvgIpc) is 3.04. The Bertz CT molecular complexity index is 760. The molecule has 0 spiro atoms. The SMILES string of the molecule is CN(CCCC(=O)Nc1ncccc1O)S(=O)(=O)c1cccs1. The van der Waals surface area contributed by atoms with Crippen LogP contribution in [0.15, 0.2) is 40.1 Å². The highest BCUT2D eigenvalue weighted by molar-refractivity contribution is 7.91. The molecule has 7 nitrogen and oxygen atoms in total. The van der Waals surface area contributed by atoms with Crippen molar-refractivity contribution in [3.8, 4) is 5.75 Å². The first-order valence-electron chi connectivity index (χ1n) is 6.85. The number of hydrogen-bond acceptors (Lipinski definition) is 6. The highest BCUT2D eigenvalue weighted by Gasteiger charge is 2.21. The maximum Gasteiger partial charge on any atom is 0.252 e. The van der Waals surface area contributed by atoms with E-state index in [-0.39, 0.29) is 34.6 Å². The molecular weight excluding hydrogens is 338 g/mol. The zero-order chi connectivity index (χ0) is 16.9. The van der Waals surface area contributed by atoms with Gasteiger partial charge in [-0.2, -0.15) is 0 Å². The summed E-state index contributed by atoms with van der Waals surface area (Å²) in [6.07, 6.45) is 1.94. The largest absolute Gasteiger partial charge is 0.504 e. The van der Waals surface area contributed by atoms with Gasteiger partial charge in [-0.15, -0.1) is 11.3 Å². The fourth-order valence-electron chi connectivity index (χ4n) is 1.83. The van der Waals surface area contributed by atoms with Gasteiger partial charge in [-0.3, -0.25) is 4.79 Å². The molecule has 0 radical (unpaired) electrons. The van der Waals surface area contributed by atoms with Gasteiger partial charge in [0.1, 0.15) is 4.21 Å². The Hall–Kier alpha value is -1.97. The second kappa shape index (κ2) is 7.53. The number of sulfonamides is 1. The number of anilines is 1. The third kappa shape index (κ3) is 4.50. The fourth-order valence-corrected chi connectivity index (χ4v) is 4.24. The molecule has 2 rings (SSSR count). The molecule has 9 heteroatoms. The summed E-state index contributed by atoms with van der Waals surface area (Å²) < 4.78 is 25.9. The second-order valence-electron chi connectivity index (χ2n) is 4.78. The summed E-state index contributed by atoms with van der Waals surface area (Å²) in [4.78, 5) is 15.6. The summed E-state index contributed by atoms with van der Waals surface area (Å²) in [5.41, 5.74) is 0. The summed E-state index contributed by atoms with van der Waals surface area (Å²) in [5.74, 6) is -0.351. The van der Waals surface area contributed by atoms with Gasteiger partial charge in [0.05, 0.1) is 0 Å². The molecule has 0 aliphatic rings. The molecule has 0 saturated heterocycles. The van der Waals surface area contributed by atoms with E-state index in [0.29, 0.717) is 6.42 Å². The van der Waals surface area contributed by atoms with Gasteiger partial charge in [0.25, 0.3) is 10.0 Å². The van der Waals surface area contributed by atoms with E-state index in [1.54, 1.807) is 23.6 Å². The summed E-state index contributed by atoms with van der Waals surface area (Å²) in [6.45, 7) is 0.224. The maximum absolute atomic E-state index is 12.2. The van der Waals surface area contributed by atoms with Crippen molar-refractivity contribution >= 4 is 33.1 Å². The number of carbonyl (C=O) groups is 1. The maximum atomic E-state index is 12.2. The number of amides is 1. The lowest BCUT2D eigenvalue weighted by Crippen LogP contribution is -2.28. The monoisotopic (exact) mass is 355 g/mol. The Kier molecular flexibility index (Phi) is 5.69. The zero-order valence-corrected chi connectivity index (χ0v) is 14.1. The minimum atomic E-state index is -3.49. The number of carbonyl (C=O) groups excluding carboxylic acids is 1. The van der Waals surface area contributed by atoms with Crippen molar-refractivity contribution in [2.45, 2.75) is 17.1 Å². The molecule has 0 aromatic carbocycles. The third-order valence-electron chi connectivity index (χ3n) is 3.08. The summed E-state index contributed by atoms with van der Waals surface area (Å²) in [5, 5.41) is 13.7. The number of nitrogens with one attached hydrogen (secondary N) is 1. The topological polar surface area (TPSA) is 99.6 Å². The van der Waals surface area contributed by atoms with E-state index < -0.39 is 10.0 Å². The van der Waals surface area contributed by atoms with Gasteiger partial charge in [-0.1, -0.05) is 6.07 Å². The smallest absolute Gasteiger partial charge is 0.252 e. The zero-order valence-electron chi connectivity index (χ0n) is 12.5. The minimum Gasteiger partial charge on any atom is -0.504 e. The van der Waals surface area contributed by atoms with Gasteiger partial charge in [-0.05, 0) is 30.0 Å². The van der Waals surface area contributed by atoms with E-state index in [2.05, 4.69) is 10.3 Å². The van der Waals surface area contributed by atoms with Crippen molar-refractivity contribution < 1.29 is 18.3 Å². The number of nitrogens with zero attached hydrogens (tertiary/aromatic N) is 2. The van der Waals surface area contributed by atoms with Crippen LogP contribution in [0.25, 0.3) is 0 Å². The molecule has 0 bridgehead atoms. The summed E-state index contributed by atoms with van der Waals surface area (Å²) in [6, 6.07) is 6.20. The number of hydrogen-bond donors (Lipinski definition) is 2. The standard InChI is InChI=1S/C14H17N3O4S2/c1-17(23(20,21)13-7-4-10-22-13)9-3-6-12(19)16-14-11(18)5-2-8-15-14/h2,4-5,7-8,10,18H,3,6,9H2,1H3,(H,15,16,19). The Morgan fingerprint density at radius 1 is 1.39 bits per heavy atom. The van der Waals surface area contributed by atoms with E-state index in [0.717, 1.165) is 11.3 Å². The van der Waals surface area contributed by atoms with Crippen molar-refractivity contribution in [2.24, 2.45) is 0 Å². The number of aromatic nitrogens is 1. The van der Waals surface area contributed by atoms with Crippen LogP contribution < -0.4 is 5.32 Å². The van der Waals surface area contributed by atoms with Crippen molar-refractivity contribution in [1.29, 1.82) is 0 Å². The van der Waals surface area contributed by atoms with Crippen LogP contribution in [-0.4, -0.2) is 42.3 Å². The predicted molar refractivity (Wildman–Crippen MR) is 87.9 cm³/mol. The highest BCUT2D eigenvalue weighted by Crippen LogP contribution is 2.20. The van der Waals surface area contributed by atoms with Gasteiger partial charge < -0.3 is 10.4 Å². The van der Waals surface area contributed by atoms with Crippen LogP contribution in [-0.2, 0) is 14.8 Å². The minimum absolute atomic E-state index is 0.0945. The molecule has 23 heavy (non-hydrogen) atoms. The molecule has 0 unspecified atom stereocenters. The Morgan fingerprint density at radius 3 is 2.83 bits per heavy atom. The van der Waals surface area contributed by atoms with Crippen molar-refractivity contribution in [2.75, 3.05) is 18.9 Å². The van der Waals surface area contributed by atoms with E-state index in [1.165, 1.54) is 23.6 Å². The molecule has 0 aliphatic carbocycles. The van der Waals surface area contributed by atoms with Crippen LogP contribution in [0.5, 0.6) is 5.75 Å². The molecule has 2 aromatic heterocycles. The molecule has 2 heterocycles. The number of thiophene rings is 1. The number of rotatable bonds is 7. The lowest BCUT2D eigenvalue weighted by molar-refractivity contribution is -0.116. The van der Waals surface area contributed by atoms with Gasteiger partial charge in [0.15, 0.2) is 11.6 Å². The Balaban J connectivity index is 1.83. The molecule has 2 N–H and O–H groups in total. The second-order valence-corrected chi connectivity index (χ2v) is 8.00. The van der Waals surface area contributed by atoms with Gasteiger partial charge in [-0.25, -0.2) is 17.7 Å². The van der Waals surface area contributed by atoms with E-state index >= 15 is 0 Å². The first kappa shape index (κ1) is 17.4. The van der Waals surface area contributed by atoms with Gasteiger partial charge >= 0.3 is 0 Å². The van der Waals surface area contributed by atoms with Crippen LogP contribution in [0, 0.1) is 0 Å². The number of pyridine rings is 1. The molecule has 2 aromatic rings. The van der Waals surface area contributed by atoms with Crippen molar-refractivity contribution in [1.82, 2.24) is 9.29 Å². The molecule has 0 fully saturated rings. The average molecular weight is 355 g/mol. The first-order chi connectivity index (χ1) is 10.9. The van der Waals surface area contributed by atoms with Gasteiger partial charge in [0.2, 0.25) is 5.91 Å². The first-order valence-corrected chi connectivity index (χ1v) is 9.17. The molecule has 0 atom stereocenters. The van der Waals surface area contributed by atoms with E-state index in [1.807, 2.05) is 0 Å². The van der Waals surface area contributed by atoms with E-state index in [9.17, 15) is 18.3 Å². The van der Waals surface area contributed by atoms with E-state index in [4.69, 9.17) is 0 Å². The summed E-state index contributed by atoms with van der Waals surface area (Å²) >= 11 is 1.16. The molecule has 0 saturated carbocycles.